The van der Waals surface area contributed by atoms with Gasteiger partial charge in [0.05, 0.1) is 22.4 Å². The first-order valence-electron chi connectivity index (χ1n) is 14.7. The van der Waals surface area contributed by atoms with Crippen LogP contribution in [0.25, 0.3) is 21.3 Å². The largest absolute Gasteiger partial charge is 0.390 e. The van der Waals surface area contributed by atoms with Gasteiger partial charge in [0.25, 0.3) is 0 Å². The number of rotatable bonds is 9. The second kappa shape index (κ2) is 12.7. The molecule has 3 fully saturated rings. The molecule has 3 aromatic rings. The summed E-state index contributed by atoms with van der Waals surface area (Å²) in [7, 11) is 1.54. The Labute approximate surface area is 249 Å². The summed E-state index contributed by atoms with van der Waals surface area (Å²) in [6.07, 6.45) is 7.32. The second-order valence-electron chi connectivity index (χ2n) is 11.6. The van der Waals surface area contributed by atoms with E-state index in [0.717, 1.165) is 60.0 Å². The van der Waals surface area contributed by atoms with Gasteiger partial charge in [0.1, 0.15) is 13.2 Å². The first kappa shape index (κ1) is 29.1. The van der Waals surface area contributed by atoms with E-state index in [9.17, 15) is 14.7 Å². The van der Waals surface area contributed by atoms with E-state index in [1.807, 2.05) is 23.1 Å². The number of aliphatic hydroxyl groups excluding tert-OH is 1. The molecule has 2 saturated carbocycles. The van der Waals surface area contributed by atoms with Gasteiger partial charge in [-0.05, 0) is 56.7 Å². The number of methoxy groups -OCH3 is 1. The molecule has 6 rings (SSSR count). The summed E-state index contributed by atoms with van der Waals surface area (Å²) in [5, 5.41) is 13.6. The highest BCUT2D eigenvalue weighted by Crippen LogP contribution is 2.36. The maximum atomic E-state index is 13.0. The van der Waals surface area contributed by atoms with E-state index in [1.54, 1.807) is 19.5 Å². The van der Waals surface area contributed by atoms with Crippen molar-refractivity contribution in [2.45, 2.75) is 69.9 Å². The summed E-state index contributed by atoms with van der Waals surface area (Å²) < 4.78 is 11.8. The maximum absolute atomic E-state index is 13.0. The fraction of sp³-hybridized carbons (Fsp3) is 0.567. The molecule has 3 heterocycles. The van der Waals surface area contributed by atoms with Gasteiger partial charge < -0.3 is 24.8 Å². The Balaban J connectivity index is 1.00. The minimum Gasteiger partial charge on any atom is -0.390 e. The number of aliphatic hydroxyl groups is 1. The molecule has 0 unspecified atom stereocenters. The smallest absolute Gasteiger partial charge is 0.248 e. The van der Waals surface area contributed by atoms with Crippen molar-refractivity contribution in [1.29, 1.82) is 0 Å². The summed E-state index contributed by atoms with van der Waals surface area (Å²) in [6, 6.07) is 6.60. The van der Waals surface area contributed by atoms with Crippen LogP contribution in [0.15, 0.2) is 30.6 Å². The molecule has 2 aliphatic carbocycles. The molecule has 42 heavy (non-hydrogen) atoms. The number of amides is 2. The minimum atomic E-state index is -0.397. The summed E-state index contributed by atoms with van der Waals surface area (Å²) in [5.41, 5.74) is 2.70. The fourth-order valence-corrected chi connectivity index (χ4v) is 7.16. The molecule has 2 aromatic heterocycles. The number of piperazine rings is 1. The number of carbonyl (C=O) groups is 2. The van der Waals surface area contributed by atoms with E-state index in [0.29, 0.717) is 30.1 Å². The topological polar surface area (TPSA) is 130 Å². The van der Waals surface area contributed by atoms with Crippen LogP contribution >= 0.6 is 11.3 Å². The monoisotopic (exact) mass is 594 g/mol. The molecule has 2 amide bonds. The van der Waals surface area contributed by atoms with Gasteiger partial charge in [-0.15, -0.1) is 0 Å². The maximum Gasteiger partial charge on any atom is 0.248 e. The number of ether oxygens (including phenoxy) is 2. The molecule has 0 bridgehead atoms. The SMILES string of the molecule is COCC(=O)N1CCN(C2CC(C(=O)Nc3nc4ccc(-c5cnc(CO[C@H]6CCC[C@@H]6O)nc5)cc4s3)C2)[C@@H](C)C1. The van der Waals surface area contributed by atoms with Gasteiger partial charge in [-0.25, -0.2) is 15.0 Å². The van der Waals surface area contributed by atoms with Gasteiger partial charge in [-0.2, -0.15) is 0 Å². The van der Waals surface area contributed by atoms with Crippen molar-refractivity contribution < 1.29 is 24.2 Å². The average Bonchev–Trinajstić information content (AvgIpc) is 3.56. The second-order valence-corrected chi connectivity index (χ2v) is 12.6. The van der Waals surface area contributed by atoms with E-state index < -0.39 is 6.10 Å². The molecule has 0 spiro atoms. The van der Waals surface area contributed by atoms with Crippen LogP contribution in [0.5, 0.6) is 0 Å². The molecule has 224 valence electrons. The standard InChI is InChI=1S/C30H38N6O5S/c1-18-15-35(28(38)17-40-2)8-9-36(18)22-10-20(11-22)29(39)34-30-33-23-7-6-19(12-26(23)42-30)21-13-31-27(32-14-21)16-41-25-5-3-4-24(25)37/h6-7,12-14,18,20,22,24-25,37H,3-5,8-11,15-17H2,1-2H3,(H,33,34,39)/t18-,20?,22?,24-,25-/m0/s1. The minimum absolute atomic E-state index is 0.0171. The predicted octanol–water partition coefficient (Wildman–Crippen LogP) is 3.08. The third kappa shape index (κ3) is 6.32. The molecule has 1 saturated heterocycles. The molecule has 3 atom stereocenters. The number of hydrogen-bond acceptors (Lipinski definition) is 10. The van der Waals surface area contributed by atoms with Gasteiger partial charge in [0.15, 0.2) is 11.0 Å². The molecule has 11 nitrogen and oxygen atoms in total. The molecule has 2 N–H and O–H groups in total. The number of nitrogens with one attached hydrogen (secondary N) is 1. The average molecular weight is 595 g/mol. The van der Waals surface area contributed by atoms with Crippen LogP contribution in [0.1, 0.15) is 44.9 Å². The van der Waals surface area contributed by atoms with Crippen molar-refractivity contribution >= 4 is 38.5 Å². The van der Waals surface area contributed by atoms with Gasteiger partial charge in [0, 0.05) is 62.7 Å². The van der Waals surface area contributed by atoms with E-state index in [-0.39, 0.29) is 43.1 Å². The van der Waals surface area contributed by atoms with Gasteiger partial charge in [0.2, 0.25) is 11.8 Å². The normalized spacial score (nSPS) is 26.4. The fourth-order valence-electron chi connectivity index (χ4n) is 6.25. The van der Waals surface area contributed by atoms with E-state index in [2.05, 4.69) is 32.1 Å². The van der Waals surface area contributed by atoms with Crippen LogP contribution < -0.4 is 5.32 Å². The summed E-state index contributed by atoms with van der Waals surface area (Å²) in [4.78, 5) is 43.0. The third-order valence-corrected chi connectivity index (χ3v) is 9.69. The number of carbonyl (C=O) groups excluding carboxylic acids is 2. The van der Waals surface area contributed by atoms with Crippen molar-refractivity contribution in [3.63, 3.8) is 0 Å². The zero-order chi connectivity index (χ0) is 29.2. The number of hydrogen-bond donors (Lipinski definition) is 2. The van der Waals surface area contributed by atoms with Crippen LogP contribution in [-0.4, -0.2) is 99.3 Å². The number of aromatic nitrogens is 3. The quantitative estimate of drug-likeness (QED) is 0.384. The zero-order valence-corrected chi connectivity index (χ0v) is 24.9. The zero-order valence-electron chi connectivity index (χ0n) is 24.1. The lowest BCUT2D eigenvalue weighted by Crippen LogP contribution is -2.60. The van der Waals surface area contributed by atoms with Crippen molar-refractivity contribution in [2.24, 2.45) is 5.92 Å². The first-order chi connectivity index (χ1) is 20.4. The van der Waals surface area contributed by atoms with E-state index in [1.165, 1.54) is 11.3 Å². The lowest BCUT2D eigenvalue weighted by Gasteiger charge is -2.49. The molecule has 3 aliphatic rings. The number of thiazole rings is 1. The van der Waals surface area contributed by atoms with Crippen LogP contribution in [0.2, 0.25) is 0 Å². The van der Waals surface area contributed by atoms with Crippen LogP contribution in [0, 0.1) is 5.92 Å². The predicted molar refractivity (Wildman–Crippen MR) is 159 cm³/mol. The van der Waals surface area contributed by atoms with Crippen LogP contribution in [0.3, 0.4) is 0 Å². The molecule has 1 aromatic carbocycles. The summed E-state index contributed by atoms with van der Waals surface area (Å²) in [6.45, 7) is 4.76. The van der Waals surface area contributed by atoms with E-state index >= 15 is 0 Å². The van der Waals surface area contributed by atoms with Crippen molar-refractivity contribution in [3.05, 3.63) is 36.4 Å². The van der Waals surface area contributed by atoms with E-state index in [4.69, 9.17) is 9.47 Å². The van der Waals surface area contributed by atoms with Crippen LogP contribution in [0.4, 0.5) is 5.13 Å². The highest BCUT2D eigenvalue weighted by Gasteiger charge is 2.41. The molecular weight excluding hydrogens is 556 g/mol. The number of fused-ring (bicyclic) bond motifs is 1. The Morgan fingerprint density at radius 1 is 1.14 bits per heavy atom. The van der Waals surface area contributed by atoms with Gasteiger partial charge >= 0.3 is 0 Å². The van der Waals surface area contributed by atoms with Crippen molar-refractivity contribution in [3.8, 4) is 11.1 Å². The number of anilines is 1. The van der Waals surface area contributed by atoms with Gasteiger partial charge in [-0.1, -0.05) is 17.4 Å². The summed E-state index contributed by atoms with van der Waals surface area (Å²) in [5.74, 6) is 0.609. The first-order valence-corrected chi connectivity index (χ1v) is 15.5. The Kier molecular flexibility index (Phi) is 8.77. The number of nitrogens with zero attached hydrogens (tertiary/aromatic N) is 5. The third-order valence-electron chi connectivity index (χ3n) is 8.75. The molecular formula is C30H38N6O5S. The molecule has 1 aliphatic heterocycles. The highest BCUT2D eigenvalue weighted by atomic mass is 32.1. The van der Waals surface area contributed by atoms with Crippen molar-refractivity contribution in [2.75, 3.05) is 38.7 Å². The Hall–Kier alpha value is -3.03. The highest BCUT2D eigenvalue weighted by molar-refractivity contribution is 7.22. The number of benzene rings is 1. The van der Waals surface area contributed by atoms with Gasteiger partial charge in [-0.3, -0.25) is 14.5 Å². The molecule has 12 heteroatoms. The summed E-state index contributed by atoms with van der Waals surface area (Å²) >= 11 is 1.46. The molecule has 0 radical (unpaired) electrons. The lowest BCUT2D eigenvalue weighted by molar-refractivity contribution is -0.139. The Morgan fingerprint density at radius 2 is 1.95 bits per heavy atom. The Bertz CT molecular complexity index is 1410. The Morgan fingerprint density at radius 3 is 2.67 bits per heavy atom. The lowest BCUT2D eigenvalue weighted by atomic mass is 9.78. The van der Waals surface area contributed by atoms with Crippen molar-refractivity contribution in [1.82, 2.24) is 24.8 Å². The van der Waals surface area contributed by atoms with Crippen LogP contribution in [-0.2, 0) is 25.7 Å².